The molecule has 6 nitrogen and oxygen atoms in total. The third-order valence-corrected chi connectivity index (χ3v) is 13.6. The van der Waals surface area contributed by atoms with Gasteiger partial charge in [0.1, 0.15) is 13.2 Å². The summed E-state index contributed by atoms with van der Waals surface area (Å²) in [6, 6.07) is 0. The maximum Gasteiger partial charge on any atom is 0.306 e. The second kappa shape index (κ2) is 58.9. The highest BCUT2D eigenvalue weighted by atomic mass is 16.6. The van der Waals surface area contributed by atoms with E-state index in [0.29, 0.717) is 19.3 Å². The first-order valence-corrected chi connectivity index (χ1v) is 30.6. The van der Waals surface area contributed by atoms with Gasteiger partial charge >= 0.3 is 17.9 Å². The molecule has 70 heavy (non-hydrogen) atoms. The molecule has 0 aromatic carbocycles. The summed E-state index contributed by atoms with van der Waals surface area (Å²) < 4.78 is 16.9. The highest BCUT2D eigenvalue weighted by molar-refractivity contribution is 5.71. The van der Waals surface area contributed by atoms with Crippen LogP contribution in [0.15, 0.2) is 48.6 Å². The van der Waals surface area contributed by atoms with Crippen molar-refractivity contribution in [2.45, 2.75) is 329 Å². The predicted octanol–water partition coefficient (Wildman–Crippen LogP) is 20.6. The maximum atomic E-state index is 12.9. The largest absolute Gasteiger partial charge is 0.462 e. The molecule has 0 bridgehead atoms. The Morgan fingerprint density at radius 3 is 0.843 bits per heavy atom. The fourth-order valence-electron chi connectivity index (χ4n) is 8.92. The van der Waals surface area contributed by atoms with Crippen molar-refractivity contribution in [3.05, 3.63) is 48.6 Å². The number of hydrogen-bond donors (Lipinski definition) is 0. The van der Waals surface area contributed by atoms with E-state index in [1.54, 1.807) is 0 Å². The van der Waals surface area contributed by atoms with Crippen molar-refractivity contribution in [2.24, 2.45) is 0 Å². The van der Waals surface area contributed by atoms with E-state index in [1.807, 2.05) is 0 Å². The first-order valence-electron chi connectivity index (χ1n) is 30.6. The molecule has 0 saturated carbocycles. The Balaban J connectivity index is 4.36. The molecule has 0 rings (SSSR count). The number of hydrogen-bond acceptors (Lipinski definition) is 6. The van der Waals surface area contributed by atoms with Crippen molar-refractivity contribution in [3.8, 4) is 0 Å². The van der Waals surface area contributed by atoms with Gasteiger partial charge in [-0.25, -0.2) is 0 Å². The molecule has 0 aliphatic heterocycles. The number of carbonyl (C=O) groups excluding carboxylic acids is 3. The van der Waals surface area contributed by atoms with Crippen molar-refractivity contribution in [1.82, 2.24) is 0 Å². The van der Waals surface area contributed by atoms with Gasteiger partial charge in [0.25, 0.3) is 0 Å². The SMILES string of the molecule is CCCCC/C=C\C/C=C\C/C=C\CCCCCCCCC(=O)OC[C@@H](COC(=O)CCCCCCCCCCCCCCCC)OC(=O)CCCCCCCCCCC/C=C\CCCCCCCC. The normalized spacial score (nSPS) is 12.3. The van der Waals surface area contributed by atoms with Gasteiger partial charge in [0.05, 0.1) is 0 Å². The van der Waals surface area contributed by atoms with Crippen LogP contribution in [0.25, 0.3) is 0 Å². The fourth-order valence-corrected chi connectivity index (χ4v) is 8.92. The van der Waals surface area contributed by atoms with Crippen LogP contribution in [-0.4, -0.2) is 37.2 Å². The number of carbonyl (C=O) groups is 3. The number of unbranched alkanes of at least 4 members (excludes halogenated alkanes) is 37. The summed E-state index contributed by atoms with van der Waals surface area (Å²) in [6.07, 6.45) is 72.4. The molecule has 6 heteroatoms. The van der Waals surface area contributed by atoms with Gasteiger partial charge in [0, 0.05) is 19.3 Å². The number of rotatable bonds is 56. The number of allylic oxidation sites excluding steroid dienone is 8. The van der Waals surface area contributed by atoms with Gasteiger partial charge < -0.3 is 14.2 Å². The molecule has 0 aliphatic rings. The van der Waals surface area contributed by atoms with Crippen LogP contribution in [0.4, 0.5) is 0 Å². The molecular weight excluding hydrogens is 865 g/mol. The summed E-state index contributed by atoms with van der Waals surface area (Å²) >= 11 is 0. The van der Waals surface area contributed by atoms with Crippen LogP contribution in [0.3, 0.4) is 0 Å². The quantitative estimate of drug-likeness (QED) is 0.0261. The molecule has 0 fully saturated rings. The predicted molar refractivity (Wildman–Crippen MR) is 302 cm³/mol. The van der Waals surface area contributed by atoms with Crippen molar-refractivity contribution in [1.29, 1.82) is 0 Å². The molecule has 0 saturated heterocycles. The zero-order valence-electron chi connectivity index (χ0n) is 46.8. The van der Waals surface area contributed by atoms with E-state index in [-0.39, 0.29) is 31.1 Å². The number of esters is 3. The van der Waals surface area contributed by atoms with Crippen LogP contribution in [0, 0.1) is 0 Å². The molecule has 0 radical (unpaired) electrons. The highest BCUT2D eigenvalue weighted by Crippen LogP contribution is 2.16. The minimum Gasteiger partial charge on any atom is -0.462 e. The fraction of sp³-hybridized carbons (Fsp3) is 0.828. The van der Waals surface area contributed by atoms with E-state index in [9.17, 15) is 14.4 Å². The first kappa shape index (κ1) is 67.4. The van der Waals surface area contributed by atoms with Crippen molar-refractivity contribution < 1.29 is 28.6 Å². The summed E-state index contributed by atoms with van der Waals surface area (Å²) in [5.41, 5.74) is 0. The van der Waals surface area contributed by atoms with E-state index in [0.717, 1.165) is 77.0 Å². The van der Waals surface area contributed by atoms with Crippen molar-refractivity contribution in [3.63, 3.8) is 0 Å². The third kappa shape index (κ3) is 56.3. The Bertz CT molecular complexity index is 1220. The van der Waals surface area contributed by atoms with Crippen LogP contribution in [0.5, 0.6) is 0 Å². The van der Waals surface area contributed by atoms with Crippen LogP contribution in [0.2, 0.25) is 0 Å². The minimum absolute atomic E-state index is 0.0747. The van der Waals surface area contributed by atoms with E-state index in [2.05, 4.69) is 69.4 Å². The Morgan fingerprint density at radius 2 is 0.514 bits per heavy atom. The maximum absolute atomic E-state index is 12.9. The first-order chi connectivity index (χ1) is 34.5. The van der Waals surface area contributed by atoms with Gasteiger partial charge in [-0.15, -0.1) is 0 Å². The summed E-state index contributed by atoms with van der Waals surface area (Å²) in [5.74, 6) is -0.872. The number of ether oxygens (including phenoxy) is 3. The Labute approximate surface area is 435 Å². The summed E-state index contributed by atoms with van der Waals surface area (Å²) in [6.45, 7) is 6.64. The molecule has 0 aromatic rings. The molecule has 0 spiro atoms. The lowest BCUT2D eigenvalue weighted by atomic mass is 10.0. The second-order valence-corrected chi connectivity index (χ2v) is 20.6. The molecule has 0 amide bonds. The van der Waals surface area contributed by atoms with E-state index in [1.165, 1.54) is 205 Å². The standard InChI is InChI=1S/C64H116O6/c1-4-7-10-13-16-19-22-25-28-30-32-34-36-39-42-45-48-51-54-57-63(66)69-60-61(59-68-62(65)56-53-50-47-44-41-38-27-24-21-18-15-12-9-6-3)70-64(67)58-55-52-49-46-43-40-37-35-33-31-29-26-23-20-17-14-11-8-5-2/h16,19,25-26,28-29,32,34,61H,4-15,17-18,20-24,27,30-31,33,35-60H2,1-3H3/b19-16-,28-25-,29-26-,34-32-/t61-/m1/s1. The highest BCUT2D eigenvalue weighted by Gasteiger charge is 2.19. The van der Waals surface area contributed by atoms with Gasteiger partial charge in [-0.3, -0.25) is 14.4 Å². The van der Waals surface area contributed by atoms with Crippen LogP contribution in [-0.2, 0) is 28.6 Å². The van der Waals surface area contributed by atoms with Gasteiger partial charge in [0.15, 0.2) is 6.10 Å². The lowest BCUT2D eigenvalue weighted by Crippen LogP contribution is -2.30. The van der Waals surface area contributed by atoms with Gasteiger partial charge in [-0.1, -0.05) is 268 Å². The lowest BCUT2D eigenvalue weighted by molar-refractivity contribution is -0.167. The topological polar surface area (TPSA) is 78.9 Å². The summed E-state index contributed by atoms with van der Waals surface area (Å²) in [5, 5.41) is 0. The van der Waals surface area contributed by atoms with Gasteiger partial charge in [0.2, 0.25) is 0 Å². The molecule has 408 valence electrons. The van der Waals surface area contributed by atoms with Gasteiger partial charge in [-0.05, 0) is 83.5 Å². The molecular formula is C64H116O6. The van der Waals surface area contributed by atoms with Crippen molar-refractivity contribution in [2.75, 3.05) is 13.2 Å². The van der Waals surface area contributed by atoms with Crippen molar-refractivity contribution >= 4 is 17.9 Å². The van der Waals surface area contributed by atoms with Crippen LogP contribution >= 0.6 is 0 Å². The second-order valence-electron chi connectivity index (χ2n) is 20.6. The lowest BCUT2D eigenvalue weighted by Gasteiger charge is -2.18. The summed E-state index contributed by atoms with van der Waals surface area (Å²) in [7, 11) is 0. The van der Waals surface area contributed by atoms with E-state index in [4.69, 9.17) is 14.2 Å². The average Bonchev–Trinajstić information content (AvgIpc) is 3.36. The van der Waals surface area contributed by atoms with Crippen LogP contribution < -0.4 is 0 Å². The zero-order chi connectivity index (χ0) is 50.7. The Kier molecular flexibility index (Phi) is 56.7. The Morgan fingerprint density at radius 1 is 0.286 bits per heavy atom. The van der Waals surface area contributed by atoms with E-state index >= 15 is 0 Å². The summed E-state index contributed by atoms with van der Waals surface area (Å²) in [4.78, 5) is 38.2. The molecule has 1 atom stereocenters. The third-order valence-electron chi connectivity index (χ3n) is 13.6. The monoisotopic (exact) mass is 981 g/mol. The molecule has 0 unspecified atom stereocenters. The smallest absolute Gasteiger partial charge is 0.306 e. The molecule has 0 N–H and O–H groups in total. The van der Waals surface area contributed by atoms with Crippen LogP contribution in [0.1, 0.15) is 323 Å². The zero-order valence-corrected chi connectivity index (χ0v) is 46.8. The molecule has 0 aliphatic carbocycles. The van der Waals surface area contributed by atoms with Gasteiger partial charge in [-0.2, -0.15) is 0 Å². The molecule has 0 heterocycles. The Hall–Kier alpha value is -2.63. The average molecular weight is 982 g/mol. The van der Waals surface area contributed by atoms with E-state index < -0.39 is 6.10 Å². The minimum atomic E-state index is -0.778. The molecule has 0 aromatic heterocycles.